The summed E-state index contributed by atoms with van der Waals surface area (Å²) in [7, 11) is 0. The molecule has 0 bridgehead atoms. The molecule has 0 saturated heterocycles. The lowest BCUT2D eigenvalue weighted by Crippen LogP contribution is -2.23. The largest absolute Gasteiger partial charge is 0.454 e. The summed E-state index contributed by atoms with van der Waals surface area (Å²) < 4.78 is 10.9. The van der Waals surface area contributed by atoms with Crippen LogP contribution >= 0.6 is 0 Å². The van der Waals surface area contributed by atoms with Gasteiger partial charge in [-0.15, -0.1) is 0 Å². The Hall–Kier alpha value is -2.62. The molecule has 3 aliphatic rings. The second-order valence-corrected chi connectivity index (χ2v) is 7.39. The minimum Gasteiger partial charge on any atom is -0.454 e. The van der Waals surface area contributed by atoms with Crippen LogP contribution in [0.5, 0.6) is 11.5 Å². The predicted octanol–water partition coefficient (Wildman–Crippen LogP) is 4.22. The summed E-state index contributed by atoms with van der Waals surface area (Å²) in [5.41, 5.74) is 3.89. The first-order valence-corrected chi connectivity index (χ1v) is 9.33. The number of aromatic nitrogens is 1. The fourth-order valence-corrected chi connectivity index (χ4v) is 4.04. The van der Waals surface area contributed by atoms with Crippen molar-refractivity contribution in [3.05, 3.63) is 59.4 Å². The van der Waals surface area contributed by atoms with Crippen molar-refractivity contribution in [2.75, 3.05) is 6.79 Å². The maximum absolute atomic E-state index is 13.1. The van der Waals surface area contributed by atoms with Crippen LogP contribution in [0.1, 0.15) is 49.1 Å². The van der Waals surface area contributed by atoms with E-state index in [0.717, 1.165) is 54.1 Å². The van der Waals surface area contributed by atoms with Crippen molar-refractivity contribution >= 4 is 11.4 Å². The third kappa shape index (κ3) is 2.61. The zero-order valence-corrected chi connectivity index (χ0v) is 14.7. The van der Waals surface area contributed by atoms with E-state index >= 15 is 0 Å². The molecule has 0 amide bonds. The molecule has 132 valence electrons. The molecule has 2 aromatic rings. The lowest BCUT2D eigenvalue weighted by atomic mass is 9.88. The molecule has 1 saturated carbocycles. The second-order valence-electron chi connectivity index (χ2n) is 7.39. The summed E-state index contributed by atoms with van der Waals surface area (Å²) in [6, 6.07) is 11.9. The number of hydrogen-bond donors (Lipinski definition) is 0. The molecule has 26 heavy (non-hydrogen) atoms. The van der Waals surface area contributed by atoms with Gasteiger partial charge in [-0.1, -0.05) is 18.2 Å². The van der Waals surface area contributed by atoms with Crippen molar-refractivity contribution in [3.8, 4) is 11.5 Å². The van der Waals surface area contributed by atoms with E-state index in [1.807, 2.05) is 30.3 Å². The fraction of sp³-hybridized carbons (Fsp3) is 0.364. The van der Waals surface area contributed by atoms with E-state index in [1.54, 1.807) is 0 Å². The van der Waals surface area contributed by atoms with Gasteiger partial charge in [-0.2, -0.15) is 0 Å². The normalized spacial score (nSPS) is 19.3. The van der Waals surface area contributed by atoms with Crippen LogP contribution < -0.4 is 9.47 Å². The van der Waals surface area contributed by atoms with E-state index in [9.17, 15) is 4.79 Å². The summed E-state index contributed by atoms with van der Waals surface area (Å²) in [5.74, 6) is 1.76. The van der Waals surface area contributed by atoms with Crippen molar-refractivity contribution in [1.29, 1.82) is 0 Å². The van der Waals surface area contributed by atoms with Crippen LogP contribution in [-0.2, 0) is 16.6 Å². The Morgan fingerprint density at radius 3 is 2.81 bits per heavy atom. The third-order valence-electron chi connectivity index (χ3n) is 5.73. The minimum absolute atomic E-state index is 0.251. The number of hydrogen-bond acceptors (Lipinski definition) is 4. The summed E-state index contributed by atoms with van der Waals surface area (Å²) in [5, 5.41) is 0. The maximum atomic E-state index is 13.1. The third-order valence-corrected chi connectivity index (χ3v) is 5.73. The second kappa shape index (κ2) is 5.97. The highest BCUT2D eigenvalue weighted by atomic mass is 16.7. The highest BCUT2D eigenvalue weighted by molar-refractivity contribution is 5.94. The molecule has 0 unspecified atom stereocenters. The van der Waals surface area contributed by atoms with E-state index in [0.29, 0.717) is 6.42 Å². The summed E-state index contributed by atoms with van der Waals surface area (Å²) in [4.78, 5) is 17.9. The van der Waals surface area contributed by atoms with Crippen molar-refractivity contribution < 1.29 is 14.3 Å². The molecular formula is C22H21NO3. The quantitative estimate of drug-likeness (QED) is 0.812. The molecule has 1 fully saturated rings. The molecule has 2 heterocycles. The zero-order valence-electron chi connectivity index (χ0n) is 14.7. The smallest absolute Gasteiger partial charge is 0.231 e. The number of carbonyl (C=O) groups is 1. The predicted molar refractivity (Wildman–Crippen MR) is 98.3 cm³/mol. The molecule has 2 aliphatic carbocycles. The molecule has 0 spiro atoms. The number of Topliss-reactive ketones (excluding diaryl/α,β-unsaturated/α-hetero) is 1. The first kappa shape index (κ1) is 15.6. The number of allylic oxidation sites excluding steroid dienone is 2. The number of ketones is 1. The van der Waals surface area contributed by atoms with Gasteiger partial charge in [-0.25, -0.2) is 0 Å². The number of pyridine rings is 1. The Balaban J connectivity index is 1.38. The summed E-state index contributed by atoms with van der Waals surface area (Å²) in [6.07, 6.45) is 7.87. The van der Waals surface area contributed by atoms with Crippen molar-refractivity contribution in [3.63, 3.8) is 0 Å². The lowest BCUT2D eigenvalue weighted by molar-refractivity contribution is -0.120. The molecule has 0 radical (unpaired) electrons. The van der Waals surface area contributed by atoms with Crippen LogP contribution in [-0.4, -0.2) is 17.6 Å². The highest BCUT2D eigenvalue weighted by Gasteiger charge is 2.50. The number of benzene rings is 1. The topological polar surface area (TPSA) is 48.4 Å². The van der Waals surface area contributed by atoms with Gasteiger partial charge in [-0.3, -0.25) is 9.78 Å². The Labute approximate surface area is 152 Å². The molecule has 5 rings (SSSR count). The van der Waals surface area contributed by atoms with Crippen LogP contribution in [0.4, 0.5) is 0 Å². The Morgan fingerprint density at radius 2 is 2.00 bits per heavy atom. The minimum atomic E-state index is -0.370. The number of rotatable bonds is 5. The van der Waals surface area contributed by atoms with Crippen LogP contribution in [0.2, 0.25) is 0 Å². The first-order chi connectivity index (χ1) is 12.7. The van der Waals surface area contributed by atoms with Crippen molar-refractivity contribution in [2.24, 2.45) is 0 Å². The van der Waals surface area contributed by atoms with Gasteiger partial charge < -0.3 is 9.47 Å². The summed E-state index contributed by atoms with van der Waals surface area (Å²) >= 11 is 0. The molecule has 1 aromatic carbocycles. The first-order valence-electron chi connectivity index (χ1n) is 9.33. The summed E-state index contributed by atoms with van der Waals surface area (Å²) in [6.45, 7) is 0.256. The van der Waals surface area contributed by atoms with Crippen molar-refractivity contribution in [1.82, 2.24) is 4.98 Å². The average Bonchev–Trinajstić information content (AvgIpc) is 3.08. The van der Waals surface area contributed by atoms with Gasteiger partial charge in [0.2, 0.25) is 6.79 Å². The van der Waals surface area contributed by atoms with E-state index in [4.69, 9.17) is 14.5 Å². The van der Waals surface area contributed by atoms with Crippen LogP contribution in [0, 0.1) is 0 Å². The number of ether oxygens (including phenoxy) is 2. The molecule has 0 atom stereocenters. The highest BCUT2D eigenvalue weighted by Crippen LogP contribution is 2.51. The molecule has 4 nitrogen and oxygen atoms in total. The Kier molecular flexibility index (Phi) is 3.59. The standard InChI is InChI=1S/C22H21NO3/c24-21(13-17-6-3-7-18(23-17)15-4-1-2-5-15)22(10-11-22)16-8-9-19-20(12-16)26-14-25-19/h3-4,6-9,12H,1-2,5,10-11,13-14H2. The Bertz CT molecular complexity index is 911. The van der Waals surface area contributed by atoms with E-state index in [1.165, 1.54) is 12.0 Å². The van der Waals surface area contributed by atoms with Crippen LogP contribution in [0.15, 0.2) is 42.5 Å². The molecular weight excluding hydrogens is 326 g/mol. The Morgan fingerprint density at radius 1 is 1.12 bits per heavy atom. The van der Waals surface area contributed by atoms with E-state index < -0.39 is 0 Å². The van der Waals surface area contributed by atoms with E-state index in [2.05, 4.69) is 12.1 Å². The zero-order chi connectivity index (χ0) is 17.6. The van der Waals surface area contributed by atoms with Gasteiger partial charge in [-0.05, 0) is 67.5 Å². The van der Waals surface area contributed by atoms with Gasteiger partial charge >= 0.3 is 0 Å². The van der Waals surface area contributed by atoms with Crippen LogP contribution in [0.3, 0.4) is 0 Å². The van der Waals surface area contributed by atoms with Gasteiger partial charge in [0.15, 0.2) is 11.5 Å². The SMILES string of the molecule is O=C(Cc1cccc(C2=CCCC2)n1)C1(c2ccc3c(c2)OCO3)CC1. The van der Waals surface area contributed by atoms with E-state index in [-0.39, 0.29) is 18.0 Å². The van der Waals surface area contributed by atoms with Gasteiger partial charge in [0, 0.05) is 12.1 Å². The van der Waals surface area contributed by atoms with Crippen molar-refractivity contribution in [2.45, 2.75) is 43.9 Å². The molecule has 4 heteroatoms. The molecule has 0 N–H and O–H groups in total. The van der Waals surface area contributed by atoms with Crippen LogP contribution in [0.25, 0.3) is 5.57 Å². The average molecular weight is 347 g/mol. The van der Waals surface area contributed by atoms with Gasteiger partial charge in [0.25, 0.3) is 0 Å². The monoisotopic (exact) mass is 347 g/mol. The van der Waals surface area contributed by atoms with Gasteiger partial charge in [0.1, 0.15) is 5.78 Å². The fourth-order valence-electron chi connectivity index (χ4n) is 4.04. The number of nitrogens with zero attached hydrogens (tertiary/aromatic N) is 1. The molecule has 1 aromatic heterocycles. The van der Waals surface area contributed by atoms with Gasteiger partial charge in [0.05, 0.1) is 11.1 Å². The lowest BCUT2D eigenvalue weighted by Gasteiger charge is -2.15. The number of fused-ring (bicyclic) bond motifs is 1. The molecule has 1 aliphatic heterocycles. The number of carbonyl (C=O) groups excluding carboxylic acids is 1. The maximum Gasteiger partial charge on any atom is 0.231 e.